The van der Waals surface area contributed by atoms with Gasteiger partial charge in [0.25, 0.3) is 5.91 Å². The van der Waals surface area contributed by atoms with E-state index in [1.807, 2.05) is 44.2 Å². The minimum Gasteiger partial charge on any atom is -0.347 e. The Morgan fingerprint density at radius 2 is 1.93 bits per heavy atom. The first kappa shape index (κ1) is 20.1. The number of halogens is 1. The van der Waals surface area contributed by atoms with E-state index in [1.54, 1.807) is 21.7 Å². The smallest absolute Gasteiger partial charge is 0.271 e. The average molecular weight is 424 g/mol. The standard InChI is InChI=1S/C22H22ClN5O2/c1-14-12-15(2)28(26-14)19-10-9-18(23)21(25-19)22(30)24-13-16-5-7-17(8-6-16)27-11-3-4-20(27)29/h5-10,12H,3-4,11,13H2,1-2H3,(H,24,30). The number of amides is 2. The molecule has 1 N–H and O–H groups in total. The van der Waals surface area contributed by atoms with Crippen LogP contribution in [0.4, 0.5) is 5.69 Å². The van der Waals surface area contributed by atoms with Gasteiger partial charge in [-0.2, -0.15) is 5.10 Å². The maximum absolute atomic E-state index is 12.7. The third-order valence-electron chi connectivity index (χ3n) is 5.05. The molecule has 1 fully saturated rings. The quantitative estimate of drug-likeness (QED) is 0.680. The number of rotatable bonds is 5. The zero-order chi connectivity index (χ0) is 21.3. The van der Waals surface area contributed by atoms with Crippen molar-refractivity contribution >= 4 is 29.1 Å². The van der Waals surface area contributed by atoms with Crippen molar-refractivity contribution in [3.63, 3.8) is 0 Å². The van der Waals surface area contributed by atoms with Crippen LogP contribution in [0.1, 0.15) is 40.3 Å². The minimum atomic E-state index is -0.359. The molecule has 1 aromatic carbocycles. The van der Waals surface area contributed by atoms with Gasteiger partial charge in [-0.05, 0) is 56.2 Å². The maximum atomic E-state index is 12.7. The molecule has 1 saturated heterocycles. The van der Waals surface area contributed by atoms with Gasteiger partial charge in [-0.25, -0.2) is 9.67 Å². The number of aromatic nitrogens is 3. The van der Waals surface area contributed by atoms with E-state index in [2.05, 4.69) is 15.4 Å². The van der Waals surface area contributed by atoms with Gasteiger partial charge in [0.05, 0.1) is 10.7 Å². The number of pyridine rings is 1. The second-order valence-electron chi connectivity index (χ2n) is 7.34. The summed E-state index contributed by atoms with van der Waals surface area (Å²) in [6.07, 6.45) is 1.49. The summed E-state index contributed by atoms with van der Waals surface area (Å²) in [5, 5.41) is 7.54. The fraction of sp³-hybridized carbons (Fsp3) is 0.273. The van der Waals surface area contributed by atoms with Gasteiger partial charge in [-0.1, -0.05) is 23.7 Å². The van der Waals surface area contributed by atoms with Crippen LogP contribution in [0.3, 0.4) is 0 Å². The van der Waals surface area contributed by atoms with E-state index in [-0.39, 0.29) is 22.5 Å². The molecule has 2 aromatic heterocycles. The fourth-order valence-electron chi connectivity index (χ4n) is 3.55. The van der Waals surface area contributed by atoms with Crippen molar-refractivity contribution < 1.29 is 9.59 Å². The van der Waals surface area contributed by atoms with E-state index in [4.69, 9.17) is 11.6 Å². The molecule has 4 rings (SSSR count). The van der Waals surface area contributed by atoms with Crippen molar-refractivity contribution in [2.24, 2.45) is 0 Å². The Balaban J connectivity index is 1.46. The highest BCUT2D eigenvalue weighted by molar-refractivity contribution is 6.33. The number of carbonyl (C=O) groups excluding carboxylic acids is 2. The largest absolute Gasteiger partial charge is 0.347 e. The number of nitrogens with zero attached hydrogens (tertiary/aromatic N) is 4. The Hall–Kier alpha value is -3.19. The van der Waals surface area contributed by atoms with E-state index in [1.165, 1.54) is 0 Å². The van der Waals surface area contributed by atoms with Crippen molar-refractivity contribution in [3.05, 3.63) is 70.1 Å². The van der Waals surface area contributed by atoms with Gasteiger partial charge < -0.3 is 10.2 Å². The molecule has 0 unspecified atom stereocenters. The van der Waals surface area contributed by atoms with Crippen molar-refractivity contribution in [3.8, 4) is 5.82 Å². The predicted octanol–water partition coefficient (Wildman–Crippen LogP) is 3.59. The Morgan fingerprint density at radius 3 is 2.57 bits per heavy atom. The fourth-order valence-corrected chi connectivity index (χ4v) is 3.74. The SMILES string of the molecule is Cc1cc(C)n(-c2ccc(Cl)c(C(=O)NCc3ccc(N4CCCC4=O)cc3)n2)n1. The molecule has 0 aliphatic carbocycles. The second kappa shape index (κ2) is 8.28. The Kier molecular flexibility index (Phi) is 5.55. The predicted molar refractivity (Wildman–Crippen MR) is 115 cm³/mol. The van der Waals surface area contributed by atoms with Crippen LogP contribution in [0.25, 0.3) is 5.82 Å². The molecule has 0 bridgehead atoms. The lowest BCUT2D eigenvalue weighted by Gasteiger charge is -2.16. The molecule has 2 amide bonds. The van der Waals surface area contributed by atoms with E-state index >= 15 is 0 Å². The summed E-state index contributed by atoms with van der Waals surface area (Å²) < 4.78 is 1.68. The molecule has 1 aliphatic rings. The normalized spacial score (nSPS) is 13.7. The molecule has 0 atom stereocenters. The molecule has 1 aliphatic heterocycles. The summed E-state index contributed by atoms with van der Waals surface area (Å²) in [6.45, 7) is 4.91. The first-order chi connectivity index (χ1) is 14.4. The van der Waals surface area contributed by atoms with Gasteiger partial charge >= 0.3 is 0 Å². The summed E-state index contributed by atoms with van der Waals surface area (Å²) in [5.74, 6) is 0.330. The van der Waals surface area contributed by atoms with Gasteiger partial charge in [0, 0.05) is 30.9 Å². The Morgan fingerprint density at radius 1 is 1.17 bits per heavy atom. The first-order valence-electron chi connectivity index (χ1n) is 9.80. The van der Waals surface area contributed by atoms with Gasteiger partial charge in [0.2, 0.25) is 5.91 Å². The second-order valence-corrected chi connectivity index (χ2v) is 7.74. The third kappa shape index (κ3) is 4.07. The summed E-state index contributed by atoms with van der Waals surface area (Å²) in [6, 6.07) is 12.9. The summed E-state index contributed by atoms with van der Waals surface area (Å²) in [7, 11) is 0. The van der Waals surface area contributed by atoms with Crippen LogP contribution in [-0.4, -0.2) is 33.1 Å². The molecule has 0 radical (unpaired) electrons. The highest BCUT2D eigenvalue weighted by Crippen LogP contribution is 2.22. The van der Waals surface area contributed by atoms with Gasteiger partial charge in [-0.15, -0.1) is 0 Å². The zero-order valence-electron chi connectivity index (χ0n) is 16.9. The Labute approximate surface area is 179 Å². The van der Waals surface area contributed by atoms with Crippen molar-refractivity contribution in [1.29, 1.82) is 0 Å². The number of carbonyl (C=O) groups is 2. The van der Waals surface area contributed by atoms with E-state index in [0.29, 0.717) is 18.8 Å². The highest BCUT2D eigenvalue weighted by Gasteiger charge is 2.21. The van der Waals surface area contributed by atoms with Gasteiger partial charge in [-0.3, -0.25) is 9.59 Å². The van der Waals surface area contributed by atoms with Crippen LogP contribution in [0.5, 0.6) is 0 Å². The molecule has 3 heterocycles. The van der Waals surface area contributed by atoms with Crippen LogP contribution in [0, 0.1) is 13.8 Å². The maximum Gasteiger partial charge on any atom is 0.271 e. The lowest BCUT2D eigenvalue weighted by molar-refractivity contribution is -0.117. The molecule has 8 heteroatoms. The average Bonchev–Trinajstić information content (AvgIpc) is 3.31. The highest BCUT2D eigenvalue weighted by atomic mass is 35.5. The van der Waals surface area contributed by atoms with Crippen LogP contribution < -0.4 is 10.2 Å². The first-order valence-corrected chi connectivity index (χ1v) is 10.2. The van der Waals surface area contributed by atoms with E-state index in [9.17, 15) is 9.59 Å². The topological polar surface area (TPSA) is 80.1 Å². The number of benzene rings is 1. The Bertz CT molecular complexity index is 1110. The number of anilines is 1. The molecular weight excluding hydrogens is 402 g/mol. The van der Waals surface area contributed by atoms with Crippen molar-refractivity contribution in [1.82, 2.24) is 20.1 Å². The van der Waals surface area contributed by atoms with Crippen LogP contribution in [0.2, 0.25) is 5.02 Å². The number of nitrogens with one attached hydrogen (secondary N) is 1. The number of hydrogen-bond acceptors (Lipinski definition) is 4. The van der Waals surface area contributed by atoms with Gasteiger partial charge in [0.15, 0.2) is 5.82 Å². The lowest BCUT2D eigenvalue weighted by Crippen LogP contribution is -2.25. The van der Waals surface area contributed by atoms with Crippen molar-refractivity contribution in [2.75, 3.05) is 11.4 Å². The molecule has 7 nitrogen and oxygen atoms in total. The van der Waals surface area contributed by atoms with Gasteiger partial charge in [0.1, 0.15) is 5.69 Å². The van der Waals surface area contributed by atoms with Crippen LogP contribution in [-0.2, 0) is 11.3 Å². The summed E-state index contributed by atoms with van der Waals surface area (Å²) in [4.78, 5) is 30.8. The summed E-state index contributed by atoms with van der Waals surface area (Å²) >= 11 is 6.22. The third-order valence-corrected chi connectivity index (χ3v) is 5.35. The summed E-state index contributed by atoms with van der Waals surface area (Å²) in [5.41, 5.74) is 3.75. The molecule has 3 aromatic rings. The molecule has 30 heavy (non-hydrogen) atoms. The monoisotopic (exact) mass is 423 g/mol. The molecule has 154 valence electrons. The van der Waals surface area contributed by atoms with Crippen molar-refractivity contribution in [2.45, 2.75) is 33.2 Å². The molecule has 0 saturated carbocycles. The van der Waals surface area contributed by atoms with Crippen LogP contribution in [0.15, 0.2) is 42.5 Å². The number of aryl methyl sites for hydroxylation is 2. The molecular formula is C22H22ClN5O2. The van der Waals surface area contributed by atoms with Crippen LogP contribution >= 0.6 is 11.6 Å². The number of hydrogen-bond donors (Lipinski definition) is 1. The molecule has 0 spiro atoms. The lowest BCUT2D eigenvalue weighted by atomic mass is 10.2. The van der Waals surface area contributed by atoms with E-state index < -0.39 is 0 Å². The van der Waals surface area contributed by atoms with E-state index in [0.717, 1.165) is 35.6 Å². The minimum absolute atomic E-state index is 0.152. The zero-order valence-corrected chi connectivity index (χ0v) is 17.6.